The van der Waals surface area contributed by atoms with Crippen molar-refractivity contribution in [1.29, 1.82) is 0 Å². The van der Waals surface area contributed by atoms with Crippen LogP contribution < -0.4 is 0 Å². The van der Waals surface area contributed by atoms with Crippen LogP contribution in [0.4, 0.5) is 0 Å². The van der Waals surface area contributed by atoms with E-state index in [1.807, 2.05) is 6.92 Å². The van der Waals surface area contributed by atoms with Crippen molar-refractivity contribution < 1.29 is 24.2 Å². The molecule has 1 rings (SSSR count). The van der Waals surface area contributed by atoms with E-state index in [0.717, 1.165) is 6.42 Å². The third kappa shape index (κ3) is 4.14. The smallest absolute Gasteiger partial charge is 0.336 e. The van der Waals surface area contributed by atoms with Crippen LogP contribution in [0.2, 0.25) is 0 Å². The van der Waals surface area contributed by atoms with E-state index in [9.17, 15) is 9.59 Å². The van der Waals surface area contributed by atoms with Gasteiger partial charge in [0.2, 0.25) is 0 Å². The predicted octanol–water partition coefficient (Wildman–Crippen LogP) is 1.34. The SMILES string of the molecule is C=C(CO)C(=O)OC1CCCC(=O)OC1CCC. The highest BCUT2D eigenvalue weighted by Gasteiger charge is 2.31. The Morgan fingerprint density at radius 2 is 2.33 bits per heavy atom. The number of hydrogen-bond donors (Lipinski definition) is 1. The van der Waals surface area contributed by atoms with Crippen molar-refractivity contribution in [3.8, 4) is 0 Å². The summed E-state index contributed by atoms with van der Waals surface area (Å²) in [6.07, 6.45) is 2.27. The molecule has 0 saturated carbocycles. The average molecular weight is 256 g/mol. The molecular weight excluding hydrogens is 236 g/mol. The van der Waals surface area contributed by atoms with Crippen molar-refractivity contribution in [3.05, 3.63) is 12.2 Å². The molecule has 0 aromatic heterocycles. The van der Waals surface area contributed by atoms with Gasteiger partial charge >= 0.3 is 11.9 Å². The molecule has 1 aliphatic heterocycles. The van der Waals surface area contributed by atoms with Gasteiger partial charge in [-0.2, -0.15) is 0 Å². The fourth-order valence-corrected chi connectivity index (χ4v) is 1.89. The third-order valence-electron chi connectivity index (χ3n) is 2.88. The standard InChI is InChI=1S/C13H20O5/c1-3-5-10-11(6-4-7-12(15)17-10)18-13(16)9(2)8-14/h10-11,14H,2-8H2,1H3. The van der Waals surface area contributed by atoms with Crippen LogP contribution in [-0.2, 0) is 19.1 Å². The molecule has 1 N–H and O–H groups in total. The van der Waals surface area contributed by atoms with E-state index in [1.54, 1.807) is 0 Å². The van der Waals surface area contributed by atoms with Gasteiger partial charge in [0.1, 0.15) is 12.2 Å². The first-order valence-corrected chi connectivity index (χ1v) is 6.27. The fraction of sp³-hybridized carbons (Fsp3) is 0.692. The van der Waals surface area contributed by atoms with Crippen LogP contribution in [0.1, 0.15) is 39.0 Å². The lowest BCUT2D eigenvalue weighted by Gasteiger charge is -2.24. The van der Waals surface area contributed by atoms with Gasteiger partial charge in [0, 0.05) is 6.42 Å². The molecule has 5 nitrogen and oxygen atoms in total. The molecule has 1 heterocycles. The maximum absolute atomic E-state index is 11.6. The molecule has 1 aliphatic rings. The molecule has 0 radical (unpaired) electrons. The van der Waals surface area contributed by atoms with E-state index in [4.69, 9.17) is 14.6 Å². The van der Waals surface area contributed by atoms with E-state index in [2.05, 4.69) is 6.58 Å². The molecule has 0 aliphatic carbocycles. The van der Waals surface area contributed by atoms with Crippen LogP contribution in [0.15, 0.2) is 12.2 Å². The maximum Gasteiger partial charge on any atom is 0.336 e. The molecule has 0 spiro atoms. The van der Waals surface area contributed by atoms with E-state index in [0.29, 0.717) is 25.7 Å². The van der Waals surface area contributed by atoms with Crippen LogP contribution in [-0.4, -0.2) is 35.9 Å². The van der Waals surface area contributed by atoms with Crippen LogP contribution in [0.25, 0.3) is 0 Å². The second kappa shape index (κ2) is 7.16. The van der Waals surface area contributed by atoms with Crippen molar-refractivity contribution in [2.75, 3.05) is 6.61 Å². The van der Waals surface area contributed by atoms with Crippen molar-refractivity contribution in [3.63, 3.8) is 0 Å². The number of esters is 2. The summed E-state index contributed by atoms with van der Waals surface area (Å²) in [5, 5.41) is 8.82. The minimum absolute atomic E-state index is 0.0146. The summed E-state index contributed by atoms with van der Waals surface area (Å²) in [6, 6.07) is 0. The zero-order valence-electron chi connectivity index (χ0n) is 10.7. The molecule has 18 heavy (non-hydrogen) atoms. The van der Waals surface area contributed by atoms with Gasteiger partial charge in [-0.1, -0.05) is 19.9 Å². The van der Waals surface area contributed by atoms with Gasteiger partial charge in [0.15, 0.2) is 0 Å². The summed E-state index contributed by atoms with van der Waals surface area (Å²) in [5.74, 6) is -0.866. The lowest BCUT2D eigenvalue weighted by molar-refractivity contribution is -0.163. The van der Waals surface area contributed by atoms with Gasteiger partial charge in [0.05, 0.1) is 12.2 Å². The van der Waals surface area contributed by atoms with Crippen LogP contribution in [0, 0.1) is 0 Å². The summed E-state index contributed by atoms with van der Waals surface area (Å²) >= 11 is 0. The van der Waals surface area contributed by atoms with Gasteiger partial charge < -0.3 is 14.6 Å². The van der Waals surface area contributed by atoms with Crippen LogP contribution in [0.3, 0.4) is 0 Å². The highest BCUT2D eigenvalue weighted by molar-refractivity contribution is 5.88. The highest BCUT2D eigenvalue weighted by Crippen LogP contribution is 2.22. The summed E-state index contributed by atoms with van der Waals surface area (Å²) in [7, 11) is 0. The zero-order chi connectivity index (χ0) is 13.5. The topological polar surface area (TPSA) is 72.8 Å². The number of rotatable bonds is 5. The summed E-state index contributed by atoms with van der Waals surface area (Å²) < 4.78 is 10.5. The number of ether oxygens (including phenoxy) is 2. The van der Waals surface area contributed by atoms with Gasteiger partial charge in [0.25, 0.3) is 0 Å². The Hall–Kier alpha value is -1.36. The highest BCUT2D eigenvalue weighted by atomic mass is 16.6. The molecule has 0 amide bonds. The molecule has 1 fully saturated rings. The molecule has 5 heteroatoms. The molecule has 0 aromatic carbocycles. The first kappa shape index (κ1) is 14.7. The number of aliphatic hydroxyl groups excluding tert-OH is 1. The van der Waals surface area contributed by atoms with E-state index < -0.39 is 18.7 Å². The number of hydrogen-bond acceptors (Lipinski definition) is 5. The molecule has 0 bridgehead atoms. The Kier molecular flexibility index (Phi) is 5.85. The Labute approximate surface area is 107 Å². The lowest BCUT2D eigenvalue weighted by atomic mass is 10.0. The van der Waals surface area contributed by atoms with E-state index in [-0.39, 0.29) is 17.6 Å². The molecule has 1 saturated heterocycles. The van der Waals surface area contributed by atoms with Crippen LogP contribution >= 0.6 is 0 Å². The molecule has 2 unspecified atom stereocenters. The van der Waals surface area contributed by atoms with Crippen molar-refractivity contribution in [2.45, 2.75) is 51.2 Å². The maximum atomic E-state index is 11.6. The Morgan fingerprint density at radius 1 is 1.61 bits per heavy atom. The average Bonchev–Trinajstić information content (AvgIpc) is 2.51. The van der Waals surface area contributed by atoms with E-state index in [1.165, 1.54) is 0 Å². The van der Waals surface area contributed by atoms with Gasteiger partial charge in [-0.25, -0.2) is 4.79 Å². The number of carbonyl (C=O) groups excluding carboxylic acids is 2. The lowest BCUT2D eigenvalue weighted by Crippen LogP contribution is -2.33. The number of aliphatic hydroxyl groups is 1. The second-order valence-electron chi connectivity index (χ2n) is 4.41. The summed E-state index contributed by atoms with van der Waals surface area (Å²) in [6.45, 7) is 4.97. The Morgan fingerprint density at radius 3 is 2.94 bits per heavy atom. The first-order valence-electron chi connectivity index (χ1n) is 6.27. The van der Waals surface area contributed by atoms with Crippen molar-refractivity contribution in [1.82, 2.24) is 0 Å². The number of cyclic esters (lactones) is 1. The summed E-state index contributed by atoms with van der Waals surface area (Å²) in [5.41, 5.74) is 0.0146. The minimum atomic E-state index is -0.624. The molecule has 0 aromatic rings. The normalized spacial score (nSPS) is 24.0. The minimum Gasteiger partial charge on any atom is -0.458 e. The van der Waals surface area contributed by atoms with Gasteiger partial charge in [-0.15, -0.1) is 0 Å². The quantitative estimate of drug-likeness (QED) is 0.593. The molecular formula is C13H20O5. The van der Waals surface area contributed by atoms with Crippen molar-refractivity contribution in [2.24, 2.45) is 0 Å². The third-order valence-corrected chi connectivity index (χ3v) is 2.88. The molecule has 2 atom stereocenters. The summed E-state index contributed by atoms with van der Waals surface area (Å²) in [4.78, 5) is 22.9. The first-order chi connectivity index (χ1) is 8.58. The monoisotopic (exact) mass is 256 g/mol. The fourth-order valence-electron chi connectivity index (χ4n) is 1.89. The van der Waals surface area contributed by atoms with Crippen molar-refractivity contribution >= 4 is 11.9 Å². The second-order valence-corrected chi connectivity index (χ2v) is 4.41. The Bertz CT molecular complexity index is 323. The Balaban J connectivity index is 2.66. The van der Waals surface area contributed by atoms with Gasteiger partial charge in [-0.05, 0) is 19.3 Å². The predicted molar refractivity (Wildman–Crippen MR) is 64.7 cm³/mol. The largest absolute Gasteiger partial charge is 0.458 e. The van der Waals surface area contributed by atoms with Crippen LogP contribution in [0.5, 0.6) is 0 Å². The zero-order valence-corrected chi connectivity index (χ0v) is 10.7. The van der Waals surface area contributed by atoms with Gasteiger partial charge in [-0.3, -0.25) is 4.79 Å². The number of carbonyl (C=O) groups is 2. The van der Waals surface area contributed by atoms with E-state index >= 15 is 0 Å². The molecule has 102 valence electrons.